The number of rotatable bonds is 7. The van der Waals surface area contributed by atoms with Crippen molar-refractivity contribution in [3.05, 3.63) is 101 Å². The van der Waals surface area contributed by atoms with Gasteiger partial charge >= 0.3 is 11.9 Å². The van der Waals surface area contributed by atoms with Crippen molar-refractivity contribution in [3.8, 4) is 0 Å². The molecule has 1 aliphatic rings. The summed E-state index contributed by atoms with van der Waals surface area (Å²) in [7, 11) is 0. The van der Waals surface area contributed by atoms with Crippen molar-refractivity contribution in [2.24, 2.45) is 0 Å². The molecule has 0 aromatic heterocycles. The summed E-state index contributed by atoms with van der Waals surface area (Å²) < 4.78 is 0. The average Bonchev–Trinajstić information content (AvgIpc) is 2.89. The lowest BCUT2D eigenvalue weighted by atomic mass is 10.0. The maximum absolute atomic E-state index is 9.10. The number of aliphatic carboxylic acids is 2. The maximum atomic E-state index is 9.10. The van der Waals surface area contributed by atoms with Crippen LogP contribution in [0.25, 0.3) is 0 Å². The molecule has 8 heteroatoms. The van der Waals surface area contributed by atoms with Crippen molar-refractivity contribution in [1.82, 2.24) is 4.90 Å². The molecule has 0 saturated carbocycles. The number of halogens is 1. The molecule has 0 spiro atoms. The van der Waals surface area contributed by atoms with Crippen LogP contribution in [0.3, 0.4) is 0 Å². The lowest BCUT2D eigenvalue weighted by Gasteiger charge is -2.36. The van der Waals surface area contributed by atoms with E-state index in [1.807, 2.05) is 23.9 Å². The molecule has 2 N–H and O–H groups in total. The van der Waals surface area contributed by atoms with Gasteiger partial charge in [-0.2, -0.15) is 0 Å². The number of piperazine rings is 1. The normalized spacial score (nSPS) is 14.5. The molecule has 0 bridgehead atoms. The van der Waals surface area contributed by atoms with Crippen molar-refractivity contribution in [2.75, 3.05) is 43.4 Å². The van der Waals surface area contributed by atoms with Crippen LogP contribution in [-0.2, 0) is 9.59 Å². The van der Waals surface area contributed by atoms with E-state index >= 15 is 0 Å². The number of nitrogens with zero attached hydrogens (tertiary/aromatic N) is 2. The van der Waals surface area contributed by atoms with Gasteiger partial charge in [-0.1, -0.05) is 72.3 Å². The molecule has 3 aromatic rings. The zero-order valence-corrected chi connectivity index (χ0v) is 20.9. The molecule has 3 aromatic carbocycles. The van der Waals surface area contributed by atoms with Crippen LogP contribution in [0, 0.1) is 0 Å². The van der Waals surface area contributed by atoms with Crippen molar-refractivity contribution in [1.29, 1.82) is 0 Å². The number of para-hydroxylation sites is 1. The summed E-state index contributed by atoms with van der Waals surface area (Å²) >= 11 is 8.13. The highest BCUT2D eigenvalue weighted by Crippen LogP contribution is 2.36. The molecule has 6 nitrogen and oxygen atoms in total. The summed E-state index contributed by atoms with van der Waals surface area (Å²) in [5, 5.41) is 15.9. The molecule has 1 heterocycles. The summed E-state index contributed by atoms with van der Waals surface area (Å²) in [5.74, 6) is -2.53. The number of hydrogen-bond donors (Lipinski definition) is 2. The number of carboxylic acids is 2. The van der Waals surface area contributed by atoms with Gasteiger partial charge in [0.2, 0.25) is 0 Å². The highest BCUT2D eigenvalue weighted by atomic mass is 35.5. The smallest absolute Gasteiger partial charge is 0.414 e. The second-order valence-corrected chi connectivity index (χ2v) is 9.64. The minimum absolute atomic E-state index is 0.346. The Morgan fingerprint density at radius 1 is 0.771 bits per heavy atom. The second-order valence-electron chi connectivity index (χ2n) is 7.99. The van der Waals surface area contributed by atoms with E-state index in [0.29, 0.717) is 5.25 Å². The van der Waals surface area contributed by atoms with E-state index in [4.69, 9.17) is 31.4 Å². The van der Waals surface area contributed by atoms with Gasteiger partial charge in [-0.25, -0.2) is 9.59 Å². The van der Waals surface area contributed by atoms with Gasteiger partial charge < -0.3 is 15.1 Å². The number of anilines is 1. The maximum Gasteiger partial charge on any atom is 0.414 e. The Morgan fingerprint density at radius 3 is 1.83 bits per heavy atom. The van der Waals surface area contributed by atoms with Crippen molar-refractivity contribution >= 4 is 41.0 Å². The van der Waals surface area contributed by atoms with E-state index in [2.05, 4.69) is 82.6 Å². The summed E-state index contributed by atoms with van der Waals surface area (Å²) in [6, 6.07) is 29.9. The minimum Gasteiger partial charge on any atom is -0.473 e. The van der Waals surface area contributed by atoms with E-state index in [1.165, 1.54) is 16.8 Å². The third-order valence-corrected chi connectivity index (χ3v) is 7.19. The standard InChI is InChI=1S/C25H27ClN2S.C2H2O4/c26-23-13-11-22(12-14-23)25(21-7-3-1-4-8-21)29-20-19-27-15-17-28(18-16-27)24-9-5-2-6-10-24;3-1(4)2(5)6/h1-14,25H,15-20H2;(H,3,4)(H,5,6). The quantitative estimate of drug-likeness (QED) is 0.424. The first-order valence-electron chi connectivity index (χ1n) is 11.3. The van der Waals surface area contributed by atoms with Crippen LogP contribution in [0.15, 0.2) is 84.9 Å². The Kier molecular flexibility index (Phi) is 10.5. The highest BCUT2D eigenvalue weighted by molar-refractivity contribution is 7.99. The summed E-state index contributed by atoms with van der Waals surface area (Å²) in [6.07, 6.45) is 0. The average molecular weight is 513 g/mol. The summed E-state index contributed by atoms with van der Waals surface area (Å²) in [6.45, 7) is 5.60. The van der Waals surface area contributed by atoms with Gasteiger partial charge in [0, 0.05) is 49.2 Å². The Balaban J connectivity index is 0.000000509. The van der Waals surface area contributed by atoms with Gasteiger partial charge in [-0.05, 0) is 35.4 Å². The summed E-state index contributed by atoms with van der Waals surface area (Å²) in [5.41, 5.74) is 4.02. The van der Waals surface area contributed by atoms with Gasteiger partial charge in [0.05, 0.1) is 5.25 Å². The van der Waals surface area contributed by atoms with E-state index in [1.54, 1.807) is 0 Å². The fourth-order valence-corrected chi connectivity index (χ4v) is 5.24. The van der Waals surface area contributed by atoms with Gasteiger partial charge in [-0.3, -0.25) is 4.90 Å². The van der Waals surface area contributed by atoms with Crippen molar-refractivity contribution in [3.63, 3.8) is 0 Å². The van der Waals surface area contributed by atoms with E-state index < -0.39 is 11.9 Å². The van der Waals surface area contributed by atoms with E-state index in [-0.39, 0.29) is 0 Å². The van der Waals surface area contributed by atoms with Crippen LogP contribution < -0.4 is 4.90 Å². The Bertz CT molecular complexity index is 1050. The topological polar surface area (TPSA) is 81.1 Å². The lowest BCUT2D eigenvalue weighted by Crippen LogP contribution is -2.47. The third kappa shape index (κ3) is 8.62. The molecule has 1 fully saturated rings. The number of carboxylic acid groups (broad SMARTS) is 2. The number of hydrogen-bond acceptors (Lipinski definition) is 5. The third-order valence-electron chi connectivity index (χ3n) is 5.64. The molecule has 35 heavy (non-hydrogen) atoms. The van der Waals surface area contributed by atoms with Gasteiger partial charge in [-0.15, -0.1) is 11.8 Å². The molecule has 184 valence electrons. The molecule has 1 saturated heterocycles. The Morgan fingerprint density at radius 2 is 1.29 bits per heavy atom. The first kappa shape index (κ1) is 26.6. The fourth-order valence-electron chi connectivity index (χ4n) is 3.82. The molecule has 0 amide bonds. The van der Waals surface area contributed by atoms with Gasteiger partial charge in [0.25, 0.3) is 0 Å². The van der Waals surface area contributed by atoms with Crippen molar-refractivity contribution < 1.29 is 19.8 Å². The number of thioether (sulfide) groups is 1. The molecule has 0 radical (unpaired) electrons. The minimum atomic E-state index is -1.82. The monoisotopic (exact) mass is 512 g/mol. The predicted octanol–water partition coefficient (Wildman–Crippen LogP) is 5.14. The van der Waals surface area contributed by atoms with Crippen LogP contribution in [-0.4, -0.2) is 65.5 Å². The first-order chi connectivity index (χ1) is 16.9. The highest BCUT2D eigenvalue weighted by Gasteiger charge is 2.19. The molecular weight excluding hydrogens is 484 g/mol. The van der Waals surface area contributed by atoms with Gasteiger partial charge in [0.15, 0.2) is 0 Å². The molecule has 1 unspecified atom stereocenters. The second kappa shape index (κ2) is 13.8. The van der Waals surface area contributed by atoms with E-state index in [9.17, 15) is 0 Å². The fraction of sp³-hybridized carbons (Fsp3) is 0.259. The predicted molar refractivity (Wildman–Crippen MR) is 143 cm³/mol. The molecule has 4 rings (SSSR count). The number of carbonyl (C=O) groups is 2. The van der Waals surface area contributed by atoms with Gasteiger partial charge in [0.1, 0.15) is 0 Å². The molecule has 1 atom stereocenters. The van der Waals surface area contributed by atoms with Crippen LogP contribution in [0.5, 0.6) is 0 Å². The van der Waals surface area contributed by atoms with Crippen molar-refractivity contribution in [2.45, 2.75) is 5.25 Å². The van der Waals surface area contributed by atoms with Crippen LogP contribution in [0.2, 0.25) is 5.02 Å². The SMILES string of the molecule is Clc1ccc(C(SCCN2CCN(c3ccccc3)CC2)c2ccccc2)cc1.O=C(O)C(=O)O. The molecule has 0 aliphatic carbocycles. The number of benzene rings is 3. The van der Waals surface area contributed by atoms with Crippen LogP contribution in [0.1, 0.15) is 16.4 Å². The van der Waals surface area contributed by atoms with Crippen LogP contribution >= 0.6 is 23.4 Å². The zero-order chi connectivity index (χ0) is 25.0. The largest absolute Gasteiger partial charge is 0.473 e. The zero-order valence-electron chi connectivity index (χ0n) is 19.3. The molecule has 1 aliphatic heterocycles. The Hall–Kier alpha value is -3.00. The Labute approximate surface area is 215 Å². The lowest BCUT2D eigenvalue weighted by molar-refractivity contribution is -0.159. The summed E-state index contributed by atoms with van der Waals surface area (Å²) in [4.78, 5) is 23.3. The first-order valence-corrected chi connectivity index (χ1v) is 12.8. The van der Waals surface area contributed by atoms with E-state index in [0.717, 1.165) is 43.5 Å². The van der Waals surface area contributed by atoms with Crippen LogP contribution in [0.4, 0.5) is 5.69 Å². The molecular formula is C27H29ClN2O4S.